The third-order valence-corrected chi connectivity index (χ3v) is 4.61. The van der Waals surface area contributed by atoms with Crippen LogP contribution in [0.1, 0.15) is 5.56 Å². The van der Waals surface area contributed by atoms with Crippen molar-refractivity contribution in [2.75, 3.05) is 5.32 Å². The highest BCUT2D eigenvalue weighted by molar-refractivity contribution is 6.35. The Hall–Kier alpha value is -2.91. The second-order valence-electron chi connectivity index (χ2n) is 5.82. The zero-order valence-electron chi connectivity index (χ0n) is 13.7. The van der Waals surface area contributed by atoms with Crippen molar-refractivity contribution in [3.05, 3.63) is 83.6 Å². The van der Waals surface area contributed by atoms with Crippen LogP contribution < -0.4 is 5.32 Å². The van der Waals surface area contributed by atoms with Crippen LogP contribution in [0.25, 0.3) is 22.0 Å². The van der Waals surface area contributed by atoms with Gasteiger partial charge in [-0.25, -0.2) is 4.98 Å². The Kier molecular flexibility index (Phi) is 4.08. The zero-order valence-corrected chi connectivity index (χ0v) is 14.5. The second kappa shape index (κ2) is 6.54. The molecule has 2 heterocycles. The first-order chi connectivity index (χ1) is 12.2. The number of hydrogen-bond donors (Lipinski definition) is 1. The lowest BCUT2D eigenvalue weighted by Gasteiger charge is -2.14. The Morgan fingerprint density at radius 3 is 2.48 bits per heavy atom. The van der Waals surface area contributed by atoms with E-state index in [2.05, 4.69) is 40.4 Å². The Bertz CT molecular complexity index is 1050. The normalized spacial score (nSPS) is 10.8. The van der Waals surface area contributed by atoms with E-state index >= 15 is 0 Å². The van der Waals surface area contributed by atoms with Crippen molar-refractivity contribution in [1.82, 2.24) is 9.97 Å². The molecule has 0 fully saturated rings. The van der Waals surface area contributed by atoms with Crippen LogP contribution in [0.4, 0.5) is 11.5 Å². The van der Waals surface area contributed by atoms with Gasteiger partial charge in [-0.3, -0.25) is 4.98 Å². The van der Waals surface area contributed by atoms with Crippen molar-refractivity contribution in [2.24, 2.45) is 0 Å². The lowest BCUT2D eigenvalue weighted by molar-refractivity contribution is 1.29. The first-order valence-corrected chi connectivity index (χ1v) is 8.43. The summed E-state index contributed by atoms with van der Waals surface area (Å²) in [5.41, 5.74) is 5.31. The number of rotatable bonds is 3. The summed E-state index contributed by atoms with van der Waals surface area (Å²) in [4.78, 5) is 8.89. The van der Waals surface area contributed by atoms with E-state index in [1.807, 2.05) is 36.4 Å². The molecule has 1 N–H and O–H groups in total. The highest BCUT2D eigenvalue weighted by Gasteiger charge is 2.10. The number of benzene rings is 2. The van der Waals surface area contributed by atoms with E-state index in [1.165, 1.54) is 11.1 Å². The summed E-state index contributed by atoms with van der Waals surface area (Å²) in [5.74, 6) is 0.702. The molecule has 2 aromatic carbocycles. The van der Waals surface area contributed by atoms with Crippen LogP contribution in [0, 0.1) is 6.92 Å². The van der Waals surface area contributed by atoms with Crippen LogP contribution in [0.5, 0.6) is 0 Å². The number of nitrogens with zero attached hydrogens (tertiary/aromatic N) is 2. The Morgan fingerprint density at radius 2 is 1.64 bits per heavy atom. The maximum absolute atomic E-state index is 6.27. The molecule has 0 atom stereocenters. The minimum atomic E-state index is 0.671. The summed E-state index contributed by atoms with van der Waals surface area (Å²) in [5, 5.41) is 4.98. The van der Waals surface area contributed by atoms with Crippen molar-refractivity contribution < 1.29 is 0 Å². The third-order valence-electron chi connectivity index (χ3n) is 4.28. The molecule has 0 saturated carbocycles. The van der Waals surface area contributed by atoms with E-state index in [0.717, 1.165) is 22.2 Å². The molecule has 25 heavy (non-hydrogen) atoms. The van der Waals surface area contributed by atoms with E-state index in [-0.39, 0.29) is 0 Å². The van der Waals surface area contributed by atoms with Gasteiger partial charge in [0.15, 0.2) is 5.82 Å². The molecule has 0 saturated heterocycles. The first kappa shape index (κ1) is 15.6. The fraction of sp³-hybridized carbons (Fsp3) is 0.0476. The van der Waals surface area contributed by atoms with Crippen LogP contribution in [0.15, 0.2) is 73.1 Å². The summed E-state index contributed by atoms with van der Waals surface area (Å²) < 4.78 is 0. The quantitative estimate of drug-likeness (QED) is 0.494. The van der Waals surface area contributed by atoms with Gasteiger partial charge in [0.25, 0.3) is 0 Å². The van der Waals surface area contributed by atoms with Gasteiger partial charge in [-0.15, -0.1) is 0 Å². The van der Waals surface area contributed by atoms with Crippen LogP contribution >= 0.6 is 11.6 Å². The SMILES string of the molecule is Cc1c(Nc2nccc3c(Cl)ccnc23)cccc1-c1ccccc1. The summed E-state index contributed by atoms with van der Waals surface area (Å²) in [6.45, 7) is 2.11. The van der Waals surface area contributed by atoms with Crippen LogP contribution in [-0.2, 0) is 0 Å². The van der Waals surface area contributed by atoms with E-state index < -0.39 is 0 Å². The molecule has 0 aliphatic heterocycles. The maximum Gasteiger partial charge on any atom is 0.157 e. The van der Waals surface area contributed by atoms with Crippen molar-refractivity contribution in [2.45, 2.75) is 6.92 Å². The van der Waals surface area contributed by atoms with Crippen molar-refractivity contribution in [1.29, 1.82) is 0 Å². The summed E-state index contributed by atoms with van der Waals surface area (Å²) >= 11 is 6.27. The summed E-state index contributed by atoms with van der Waals surface area (Å²) in [6.07, 6.45) is 3.44. The molecule has 0 aliphatic carbocycles. The van der Waals surface area contributed by atoms with Gasteiger partial charge >= 0.3 is 0 Å². The van der Waals surface area contributed by atoms with Gasteiger partial charge in [-0.2, -0.15) is 0 Å². The number of aromatic nitrogens is 2. The number of halogens is 1. The molecule has 2 aromatic heterocycles. The predicted octanol–water partition coefficient (Wildman–Crippen LogP) is 6.00. The van der Waals surface area contributed by atoms with Crippen LogP contribution in [-0.4, -0.2) is 9.97 Å². The lowest BCUT2D eigenvalue weighted by Crippen LogP contribution is -1.99. The Morgan fingerprint density at radius 1 is 0.840 bits per heavy atom. The standard InChI is InChI=1S/C21H16ClN3/c1-14-16(15-6-3-2-4-7-15)8-5-9-19(14)25-21-20-17(10-12-24-21)18(22)11-13-23-20/h2-13H,1H3,(H,24,25). The molecule has 0 spiro atoms. The molecule has 4 aromatic rings. The molecular weight excluding hydrogens is 330 g/mol. The summed E-state index contributed by atoms with van der Waals surface area (Å²) in [7, 11) is 0. The van der Waals surface area contributed by atoms with Crippen molar-refractivity contribution in [3.63, 3.8) is 0 Å². The topological polar surface area (TPSA) is 37.8 Å². The largest absolute Gasteiger partial charge is 0.338 e. The minimum Gasteiger partial charge on any atom is -0.338 e. The molecule has 122 valence electrons. The third kappa shape index (κ3) is 2.94. The molecule has 0 radical (unpaired) electrons. The average molecular weight is 346 g/mol. The van der Waals surface area contributed by atoms with Gasteiger partial charge in [0.2, 0.25) is 0 Å². The summed E-state index contributed by atoms with van der Waals surface area (Å²) in [6, 6.07) is 20.2. The molecule has 0 aliphatic rings. The predicted molar refractivity (Wildman–Crippen MR) is 104 cm³/mol. The van der Waals surface area contributed by atoms with Crippen LogP contribution in [0.3, 0.4) is 0 Å². The molecule has 0 amide bonds. The second-order valence-corrected chi connectivity index (χ2v) is 6.22. The van der Waals surface area contributed by atoms with E-state index in [1.54, 1.807) is 18.5 Å². The molecule has 0 bridgehead atoms. The van der Waals surface area contributed by atoms with E-state index in [9.17, 15) is 0 Å². The van der Waals surface area contributed by atoms with Crippen LogP contribution in [0.2, 0.25) is 5.02 Å². The highest BCUT2D eigenvalue weighted by atomic mass is 35.5. The van der Waals surface area contributed by atoms with E-state index in [0.29, 0.717) is 10.8 Å². The van der Waals surface area contributed by atoms with Gasteiger partial charge in [0.05, 0.1) is 5.02 Å². The molecule has 4 rings (SSSR count). The first-order valence-electron chi connectivity index (χ1n) is 8.05. The molecule has 4 heteroatoms. The van der Waals surface area contributed by atoms with Gasteiger partial charge in [-0.1, -0.05) is 54.1 Å². The average Bonchev–Trinajstić information content (AvgIpc) is 2.65. The zero-order chi connectivity index (χ0) is 17.2. The maximum atomic E-state index is 6.27. The fourth-order valence-corrected chi connectivity index (χ4v) is 3.17. The van der Waals surface area contributed by atoms with Gasteiger partial charge in [-0.05, 0) is 41.8 Å². The number of hydrogen-bond acceptors (Lipinski definition) is 3. The highest BCUT2D eigenvalue weighted by Crippen LogP contribution is 2.32. The van der Waals surface area contributed by atoms with Gasteiger partial charge in [0.1, 0.15) is 5.52 Å². The molecule has 3 nitrogen and oxygen atoms in total. The van der Waals surface area contributed by atoms with Crippen molar-refractivity contribution >= 4 is 34.0 Å². The fourth-order valence-electron chi connectivity index (χ4n) is 2.96. The lowest BCUT2D eigenvalue weighted by atomic mass is 9.99. The van der Waals surface area contributed by atoms with Gasteiger partial charge < -0.3 is 5.32 Å². The van der Waals surface area contributed by atoms with Gasteiger partial charge in [0, 0.05) is 23.5 Å². The monoisotopic (exact) mass is 345 g/mol. The Labute approximate surface area is 151 Å². The molecular formula is C21H16ClN3. The minimum absolute atomic E-state index is 0.671. The number of fused-ring (bicyclic) bond motifs is 1. The Balaban J connectivity index is 1.79. The smallest absolute Gasteiger partial charge is 0.157 e. The number of anilines is 2. The van der Waals surface area contributed by atoms with Crippen molar-refractivity contribution in [3.8, 4) is 11.1 Å². The molecule has 0 unspecified atom stereocenters. The van der Waals surface area contributed by atoms with E-state index in [4.69, 9.17) is 11.6 Å². The number of nitrogens with one attached hydrogen (secondary N) is 1. The number of pyridine rings is 2.